The summed E-state index contributed by atoms with van der Waals surface area (Å²) in [5.41, 5.74) is 1.75. The van der Waals surface area contributed by atoms with Crippen molar-refractivity contribution in [1.29, 1.82) is 5.26 Å². The Bertz CT molecular complexity index is 707. The van der Waals surface area contributed by atoms with Gasteiger partial charge in [0.2, 0.25) is 0 Å². The number of aryl methyl sites for hydroxylation is 1. The van der Waals surface area contributed by atoms with E-state index in [0.29, 0.717) is 18.8 Å². The highest BCUT2D eigenvalue weighted by Gasteiger charge is 2.22. The Morgan fingerprint density at radius 3 is 3.17 bits per heavy atom. The molecule has 126 valence electrons. The fourth-order valence-electron chi connectivity index (χ4n) is 2.77. The second-order valence-corrected chi connectivity index (χ2v) is 5.78. The van der Waals surface area contributed by atoms with Gasteiger partial charge in [0, 0.05) is 37.9 Å². The van der Waals surface area contributed by atoms with E-state index in [9.17, 15) is 0 Å². The number of ether oxygens (including phenoxy) is 2. The highest BCUT2D eigenvalue weighted by molar-refractivity contribution is 5.36. The molecule has 6 nitrogen and oxygen atoms in total. The van der Waals surface area contributed by atoms with Crippen LogP contribution in [-0.2, 0) is 11.3 Å². The molecule has 6 heteroatoms. The molecule has 0 saturated carbocycles. The maximum atomic E-state index is 8.91. The topological polar surface area (TPSA) is 63.3 Å². The molecule has 0 amide bonds. The molecule has 24 heavy (non-hydrogen) atoms. The predicted molar refractivity (Wildman–Crippen MR) is 89.7 cm³/mol. The lowest BCUT2D eigenvalue weighted by Crippen LogP contribution is -2.40. The molecule has 0 aliphatic carbocycles. The zero-order valence-electron chi connectivity index (χ0n) is 13.9. The van der Waals surface area contributed by atoms with Gasteiger partial charge in [0.25, 0.3) is 0 Å². The van der Waals surface area contributed by atoms with Crippen molar-refractivity contribution in [2.24, 2.45) is 0 Å². The Balaban J connectivity index is 1.49. The lowest BCUT2D eigenvalue weighted by molar-refractivity contribution is -0.0329. The van der Waals surface area contributed by atoms with Crippen molar-refractivity contribution < 1.29 is 9.47 Å². The van der Waals surface area contributed by atoms with Crippen molar-refractivity contribution >= 4 is 0 Å². The van der Waals surface area contributed by atoms with E-state index in [4.69, 9.17) is 14.7 Å². The van der Waals surface area contributed by atoms with Crippen LogP contribution >= 0.6 is 0 Å². The minimum Gasteiger partial charge on any atom is -0.492 e. The van der Waals surface area contributed by atoms with Gasteiger partial charge in [-0.3, -0.25) is 9.58 Å². The molecule has 1 aromatic carbocycles. The number of nitrogens with zero attached hydrogens (tertiary/aromatic N) is 4. The fraction of sp³-hybridized carbons (Fsp3) is 0.444. The molecule has 0 radical (unpaired) electrons. The SMILES string of the molecule is CCn1cc(C2CN(CCOc3cccc(C#N)c3)CCO2)cn1. The smallest absolute Gasteiger partial charge is 0.120 e. The third-order valence-electron chi connectivity index (χ3n) is 4.14. The molecule has 0 spiro atoms. The molecule has 3 rings (SSSR count). The zero-order valence-corrected chi connectivity index (χ0v) is 13.9. The first kappa shape index (κ1) is 16.5. The van der Waals surface area contributed by atoms with E-state index in [-0.39, 0.29) is 6.10 Å². The largest absolute Gasteiger partial charge is 0.492 e. The molecular weight excluding hydrogens is 304 g/mol. The monoisotopic (exact) mass is 326 g/mol. The van der Waals surface area contributed by atoms with Crippen molar-refractivity contribution in [1.82, 2.24) is 14.7 Å². The van der Waals surface area contributed by atoms with E-state index >= 15 is 0 Å². The number of rotatable bonds is 6. The van der Waals surface area contributed by atoms with Gasteiger partial charge in [-0.1, -0.05) is 6.07 Å². The van der Waals surface area contributed by atoms with E-state index in [1.807, 2.05) is 23.0 Å². The lowest BCUT2D eigenvalue weighted by atomic mass is 10.1. The number of nitriles is 1. The summed E-state index contributed by atoms with van der Waals surface area (Å²) in [5, 5.41) is 13.2. The van der Waals surface area contributed by atoms with Crippen molar-refractivity contribution in [2.45, 2.75) is 19.6 Å². The van der Waals surface area contributed by atoms with Crippen molar-refractivity contribution in [2.75, 3.05) is 32.8 Å². The quantitative estimate of drug-likeness (QED) is 0.814. The summed E-state index contributed by atoms with van der Waals surface area (Å²) in [6.07, 6.45) is 4.01. The van der Waals surface area contributed by atoms with Gasteiger partial charge in [-0.25, -0.2) is 0 Å². The maximum absolute atomic E-state index is 8.91. The van der Waals surface area contributed by atoms with Crippen molar-refractivity contribution in [3.8, 4) is 11.8 Å². The summed E-state index contributed by atoms with van der Waals surface area (Å²) in [5.74, 6) is 0.739. The number of aromatic nitrogens is 2. The van der Waals surface area contributed by atoms with Gasteiger partial charge in [-0.15, -0.1) is 0 Å². The summed E-state index contributed by atoms with van der Waals surface area (Å²) in [4.78, 5) is 2.34. The van der Waals surface area contributed by atoms with Crippen LogP contribution in [-0.4, -0.2) is 47.5 Å². The van der Waals surface area contributed by atoms with E-state index in [1.54, 1.807) is 12.1 Å². The van der Waals surface area contributed by atoms with Gasteiger partial charge >= 0.3 is 0 Å². The predicted octanol–water partition coefficient (Wildman–Crippen LogP) is 2.23. The Labute approximate surface area is 142 Å². The minimum atomic E-state index is 0.0703. The Morgan fingerprint density at radius 2 is 2.38 bits per heavy atom. The van der Waals surface area contributed by atoms with E-state index in [0.717, 1.165) is 37.5 Å². The second-order valence-electron chi connectivity index (χ2n) is 5.78. The summed E-state index contributed by atoms with van der Waals surface area (Å²) in [7, 11) is 0. The number of benzene rings is 1. The first-order chi connectivity index (χ1) is 11.8. The Morgan fingerprint density at radius 1 is 1.46 bits per heavy atom. The highest BCUT2D eigenvalue weighted by Crippen LogP contribution is 2.21. The van der Waals surface area contributed by atoms with E-state index < -0.39 is 0 Å². The highest BCUT2D eigenvalue weighted by atomic mass is 16.5. The summed E-state index contributed by atoms with van der Waals surface area (Å²) in [6.45, 7) is 6.83. The summed E-state index contributed by atoms with van der Waals surface area (Å²) in [6, 6.07) is 9.38. The molecule has 1 saturated heterocycles. The third-order valence-corrected chi connectivity index (χ3v) is 4.14. The van der Waals surface area contributed by atoms with Gasteiger partial charge in [0.15, 0.2) is 0 Å². The van der Waals surface area contributed by atoms with Gasteiger partial charge in [-0.2, -0.15) is 10.4 Å². The molecule has 1 unspecified atom stereocenters. The van der Waals surface area contributed by atoms with Crippen molar-refractivity contribution in [3.63, 3.8) is 0 Å². The molecule has 1 aromatic heterocycles. The van der Waals surface area contributed by atoms with Crippen LogP contribution in [0.2, 0.25) is 0 Å². The number of hydrogen-bond acceptors (Lipinski definition) is 5. The third kappa shape index (κ3) is 4.13. The minimum absolute atomic E-state index is 0.0703. The average Bonchev–Trinajstić information content (AvgIpc) is 3.11. The van der Waals surface area contributed by atoms with Crippen LogP contribution in [0.4, 0.5) is 0 Å². The molecule has 0 bridgehead atoms. The fourth-order valence-corrected chi connectivity index (χ4v) is 2.77. The van der Waals surface area contributed by atoms with Gasteiger partial charge < -0.3 is 9.47 Å². The van der Waals surface area contributed by atoms with E-state index in [2.05, 4.69) is 29.2 Å². The van der Waals surface area contributed by atoms with Gasteiger partial charge in [0.1, 0.15) is 12.4 Å². The Kier molecular flexibility index (Phi) is 5.47. The van der Waals surface area contributed by atoms with Crippen LogP contribution in [0.3, 0.4) is 0 Å². The first-order valence-corrected chi connectivity index (χ1v) is 8.27. The standard InChI is InChI=1S/C18H22N4O2/c1-2-22-13-16(12-20-22)18-14-21(7-9-24-18)6-8-23-17-5-3-4-15(10-17)11-19/h3-5,10,12-13,18H,2,6-9,14H2,1H3. The molecule has 2 heterocycles. The van der Waals surface area contributed by atoms with Crippen LogP contribution in [0.25, 0.3) is 0 Å². The first-order valence-electron chi connectivity index (χ1n) is 8.27. The normalized spacial score (nSPS) is 18.2. The maximum Gasteiger partial charge on any atom is 0.120 e. The molecule has 1 aliphatic rings. The van der Waals surface area contributed by atoms with Crippen LogP contribution in [0.15, 0.2) is 36.7 Å². The van der Waals surface area contributed by atoms with E-state index in [1.165, 1.54) is 0 Å². The summed E-state index contributed by atoms with van der Waals surface area (Å²) < 4.78 is 13.6. The second kappa shape index (κ2) is 7.95. The van der Waals surface area contributed by atoms with Gasteiger partial charge in [-0.05, 0) is 25.1 Å². The molecule has 2 aromatic rings. The Hall–Kier alpha value is -2.36. The molecule has 0 N–H and O–H groups in total. The zero-order chi connectivity index (χ0) is 16.8. The molecule has 1 atom stereocenters. The van der Waals surface area contributed by atoms with Gasteiger partial charge in [0.05, 0.1) is 30.5 Å². The van der Waals surface area contributed by atoms with Crippen LogP contribution in [0, 0.1) is 11.3 Å². The lowest BCUT2D eigenvalue weighted by Gasteiger charge is -2.32. The van der Waals surface area contributed by atoms with Crippen LogP contribution in [0.5, 0.6) is 5.75 Å². The van der Waals surface area contributed by atoms with Crippen LogP contribution in [0.1, 0.15) is 24.2 Å². The van der Waals surface area contributed by atoms with Crippen molar-refractivity contribution in [3.05, 3.63) is 47.8 Å². The summed E-state index contributed by atoms with van der Waals surface area (Å²) >= 11 is 0. The molecular formula is C18H22N4O2. The number of hydrogen-bond donors (Lipinski definition) is 0. The molecule has 1 aliphatic heterocycles. The average molecular weight is 326 g/mol. The van der Waals surface area contributed by atoms with Crippen LogP contribution < -0.4 is 4.74 Å². The molecule has 1 fully saturated rings. The number of morpholine rings is 1.